The van der Waals surface area contributed by atoms with Crippen LogP contribution in [0.3, 0.4) is 0 Å². The number of H-pyrrole nitrogens is 1. The standard InChI is InChI=1S/C15H14F3N5OS/c1-9-6-11(10(2)22(9)8-12-4-3-5-24-12)7-19-23-13(15(16,17)18)20-21-14(23)25/h3-7H,8H2,1-2H3,(H,21,25)/b19-7-. The van der Waals surface area contributed by atoms with Crippen LogP contribution in [-0.2, 0) is 12.7 Å². The molecular formula is C15H14F3N5OS. The third-order valence-corrected chi connectivity index (χ3v) is 3.99. The van der Waals surface area contributed by atoms with Crippen molar-refractivity contribution in [1.82, 2.24) is 19.4 Å². The van der Waals surface area contributed by atoms with E-state index in [0.29, 0.717) is 16.8 Å². The zero-order valence-corrected chi connectivity index (χ0v) is 14.1. The summed E-state index contributed by atoms with van der Waals surface area (Å²) in [5.41, 5.74) is 2.46. The maximum atomic E-state index is 12.9. The van der Waals surface area contributed by atoms with Crippen LogP contribution in [0.15, 0.2) is 34.0 Å². The Bertz CT molecular complexity index is 963. The molecule has 0 amide bonds. The van der Waals surface area contributed by atoms with Gasteiger partial charge in [0.15, 0.2) is 0 Å². The lowest BCUT2D eigenvalue weighted by Gasteiger charge is -2.07. The molecule has 1 N–H and O–H groups in total. The summed E-state index contributed by atoms with van der Waals surface area (Å²) >= 11 is 4.81. The Morgan fingerprint density at radius 2 is 2.16 bits per heavy atom. The van der Waals surface area contributed by atoms with Crippen LogP contribution in [0, 0.1) is 18.6 Å². The smallest absolute Gasteiger partial charge is 0.453 e. The molecule has 0 saturated heterocycles. The van der Waals surface area contributed by atoms with Crippen molar-refractivity contribution in [3.05, 3.63) is 57.8 Å². The molecule has 3 heterocycles. The highest BCUT2D eigenvalue weighted by Gasteiger charge is 2.37. The second kappa shape index (κ2) is 6.36. The van der Waals surface area contributed by atoms with Crippen LogP contribution in [-0.4, -0.2) is 25.7 Å². The average Bonchev–Trinajstić information content (AvgIpc) is 3.22. The van der Waals surface area contributed by atoms with Crippen molar-refractivity contribution >= 4 is 18.4 Å². The molecule has 0 saturated carbocycles. The van der Waals surface area contributed by atoms with Crippen molar-refractivity contribution in [2.75, 3.05) is 0 Å². The van der Waals surface area contributed by atoms with E-state index >= 15 is 0 Å². The summed E-state index contributed by atoms with van der Waals surface area (Å²) < 4.78 is 46.4. The maximum absolute atomic E-state index is 12.9. The van der Waals surface area contributed by atoms with Crippen molar-refractivity contribution in [2.45, 2.75) is 26.6 Å². The number of furan rings is 1. The topological polar surface area (TPSA) is 64.0 Å². The van der Waals surface area contributed by atoms with Gasteiger partial charge in [0.25, 0.3) is 5.82 Å². The Balaban J connectivity index is 1.93. The fourth-order valence-electron chi connectivity index (χ4n) is 2.46. The van der Waals surface area contributed by atoms with Crippen LogP contribution in [0.5, 0.6) is 0 Å². The van der Waals surface area contributed by atoms with Crippen LogP contribution in [0.25, 0.3) is 0 Å². The number of nitrogens with one attached hydrogen (secondary N) is 1. The van der Waals surface area contributed by atoms with Gasteiger partial charge in [0.1, 0.15) is 5.76 Å². The molecule has 0 aliphatic carbocycles. The third kappa shape index (κ3) is 3.43. The molecule has 132 valence electrons. The minimum Gasteiger partial charge on any atom is -0.467 e. The van der Waals surface area contributed by atoms with Gasteiger partial charge in [-0.1, -0.05) is 0 Å². The normalized spacial score (nSPS) is 12.4. The van der Waals surface area contributed by atoms with E-state index in [1.165, 1.54) is 6.21 Å². The fourth-order valence-corrected chi connectivity index (χ4v) is 2.64. The van der Waals surface area contributed by atoms with Gasteiger partial charge in [0, 0.05) is 17.0 Å². The Labute approximate surface area is 145 Å². The molecule has 0 atom stereocenters. The van der Waals surface area contributed by atoms with Gasteiger partial charge in [-0.2, -0.15) is 22.9 Å². The van der Waals surface area contributed by atoms with Gasteiger partial charge >= 0.3 is 6.18 Å². The van der Waals surface area contributed by atoms with Gasteiger partial charge in [-0.15, -0.1) is 5.10 Å². The molecule has 6 nitrogen and oxygen atoms in total. The van der Waals surface area contributed by atoms with E-state index in [1.807, 2.05) is 30.5 Å². The zero-order chi connectivity index (χ0) is 18.2. The summed E-state index contributed by atoms with van der Waals surface area (Å²) in [7, 11) is 0. The van der Waals surface area contributed by atoms with Crippen LogP contribution in [0.4, 0.5) is 13.2 Å². The highest BCUT2D eigenvalue weighted by Crippen LogP contribution is 2.27. The maximum Gasteiger partial charge on any atom is 0.453 e. The quantitative estimate of drug-likeness (QED) is 0.560. The second-order valence-corrected chi connectivity index (χ2v) is 5.79. The summed E-state index contributed by atoms with van der Waals surface area (Å²) in [6, 6.07) is 5.48. The molecule has 3 aromatic heterocycles. The van der Waals surface area contributed by atoms with Gasteiger partial charge < -0.3 is 8.98 Å². The van der Waals surface area contributed by atoms with Crippen LogP contribution < -0.4 is 0 Å². The van der Waals surface area contributed by atoms with E-state index in [2.05, 4.69) is 15.3 Å². The largest absolute Gasteiger partial charge is 0.467 e. The minimum atomic E-state index is -4.65. The Hall–Kier alpha value is -2.62. The highest BCUT2D eigenvalue weighted by atomic mass is 32.1. The van der Waals surface area contributed by atoms with E-state index in [9.17, 15) is 13.2 Å². The zero-order valence-electron chi connectivity index (χ0n) is 13.3. The number of aryl methyl sites for hydroxylation is 1. The molecule has 0 aliphatic rings. The first kappa shape index (κ1) is 17.2. The van der Waals surface area contributed by atoms with Crippen molar-refractivity contribution in [3.8, 4) is 0 Å². The predicted octanol–water partition coefficient (Wildman–Crippen LogP) is 3.90. The molecule has 0 aliphatic heterocycles. The van der Waals surface area contributed by atoms with Crippen molar-refractivity contribution in [2.24, 2.45) is 5.10 Å². The van der Waals surface area contributed by atoms with Crippen molar-refractivity contribution < 1.29 is 17.6 Å². The minimum absolute atomic E-state index is 0.229. The number of hydrogen-bond acceptors (Lipinski definition) is 4. The van der Waals surface area contributed by atoms with E-state index in [1.54, 1.807) is 12.3 Å². The van der Waals surface area contributed by atoms with E-state index in [4.69, 9.17) is 16.6 Å². The SMILES string of the molecule is Cc1cc(/C=N\n2c(C(F)(F)F)n[nH]c2=S)c(C)n1Cc1ccco1. The Morgan fingerprint density at radius 1 is 1.40 bits per heavy atom. The van der Waals surface area contributed by atoms with Crippen LogP contribution in [0.1, 0.15) is 28.5 Å². The van der Waals surface area contributed by atoms with E-state index < -0.39 is 12.0 Å². The lowest BCUT2D eigenvalue weighted by atomic mass is 10.3. The molecule has 0 aromatic carbocycles. The number of rotatable bonds is 4. The third-order valence-electron chi connectivity index (χ3n) is 3.72. The van der Waals surface area contributed by atoms with Crippen molar-refractivity contribution in [3.63, 3.8) is 0 Å². The highest BCUT2D eigenvalue weighted by molar-refractivity contribution is 7.71. The second-order valence-electron chi connectivity index (χ2n) is 5.40. The summed E-state index contributed by atoms with van der Waals surface area (Å²) in [5.74, 6) is -0.417. The molecule has 3 rings (SSSR count). The van der Waals surface area contributed by atoms with Crippen LogP contribution in [0.2, 0.25) is 0 Å². The number of hydrogen-bond donors (Lipinski definition) is 1. The monoisotopic (exact) mass is 369 g/mol. The molecule has 0 bridgehead atoms. The molecule has 0 fully saturated rings. The molecule has 0 spiro atoms. The molecule has 0 unspecified atom stereocenters. The molecule has 25 heavy (non-hydrogen) atoms. The van der Waals surface area contributed by atoms with Gasteiger partial charge in [-0.25, -0.2) is 5.10 Å². The van der Waals surface area contributed by atoms with Crippen molar-refractivity contribution in [1.29, 1.82) is 0 Å². The summed E-state index contributed by atoms with van der Waals surface area (Å²) in [6.45, 7) is 4.28. The van der Waals surface area contributed by atoms with E-state index in [0.717, 1.165) is 17.1 Å². The lowest BCUT2D eigenvalue weighted by Crippen LogP contribution is -2.12. The first-order chi connectivity index (χ1) is 11.8. The van der Waals surface area contributed by atoms with Gasteiger partial charge in [0.2, 0.25) is 4.77 Å². The Kier molecular flexibility index (Phi) is 4.38. The van der Waals surface area contributed by atoms with Gasteiger partial charge in [0.05, 0.1) is 19.0 Å². The fraction of sp³-hybridized carbons (Fsp3) is 0.267. The molecule has 10 heteroatoms. The van der Waals surface area contributed by atoms with Gasteiger partial charge in [-0.3, -0.25) is 0 Å². The summed E-state index contributed by atoms with van der Waals surface area (Å²) in [6.07, 6.45) is -1.73. The number of aromatic nitrogens is 4. The number of halogens is 3. The number of aromatic amines is 1. The number of nitrogens with zero attached hydrogens (tertiary/aromatic N) is 4. The van der Waals surface area contributed by atoms with Crippen LogP contribution >= 0.6 is 12.2 Å². The summed E-state index contributed by atoms with van der Waals surface area (Å²) in [5, 5.41) is 9.14. The number of alkyl halides is 3. The Morgan fingerprint density at radius 3 is 2.80 bits per heavy atom. The van der Waals surface area contributed by atoms with Gasteiger partial charge in [-0.05, 0) is 44.3 Å². The molecule has 3 aromatic rings. The molecule has 0 radical (unpaired) electrons. The average molecular weight is 369 g/mol. The first-order valence-electron chi connectivity index (χ1n) is 7.25. The van der Waals surface area contributed by atoms with E-state index in [-0.39, 0.29) is 4.77 Å². The first-order valence-corrected chi connectivity index (χ1v) is 7.66. The summed E-state index contributed by atoms with van der Waals surface area (Å²) in [4.78, 5) is 0. The molecular weight excluding hydrogens is 355 g/mol. The lowest BCUT2D eigenvalue weighted by molar-refractivity contribution is -0.147. The predicted molar refractivity (Wildman–Crippen MR) is 87.1 cm³/mol.